The molecule has 4 heteroatoms. The molecule has 25 heavy (non-hydrogen) atoms. The van der Waals surface area contributed by atoms with Crippen LogP contribution in [-0.2, 0) is 9.59 Å². The minimum atomic E-state index is -0.411. The first kappa shape index (κ1) is 16.7. The highest BCUT2D eigenvalue weighted by atomic mass is 16.5. The van der Waals surface area contributed by atoms with E-state index in [4.69, 9.17) is 4.74 Å². The third kappa shape index (κ3) is 4.44. The third-order valence-electron chi connectivity index (χ3n) is 3.90. The maximum atomic E-state index is 12.3. The fourth-order valence-electron chi connectivity index (χ4n) is 2.75. The summed E-state index contributed by atoms with van der Waals surface area (Å²) in [5.74, 6) is -0.0800. The van der Waals surface area contributed by atoms with Gasteiger partial charge in [-0.2, -0.15) is 0 Å². The molecule has 126 valence electrons. The van der Waals surface area contributed by atoms with Crippen molar-refractivity contribution >= 4 is 22.6 Å². The number of rotatable bonds is 5. The Morgan fingerprint density at radius 2 is 1.60 bits per heavy atom. The zero-order valence-corrected chi connectivity index (χ0v) is 13.9. The summed E-state index contributed by atoms with van der Waals surface area (Å²) in [6.07, 6.45) is 0.0659. The number of carbonyl (C=O) groups excluding carboxylic acids is 2. The van der Waals surface area contributed by atoms with E-state index < -0.39 is 12.0 Å². The molecule has 0 aliphatic heterocycles. The topological polar surface area (TPSA) is 55.4 Å². The smallest absolute Gasteiger partial charge is 0.313 e. The number of amides is 1. The van der Waals surface area contributed by atoms with Gasteiger partial charge in [0.25, 0.3) is 0 Å². The zero-order chi connectivity index (χ0) is 17.6. The van der Waals surface area contributed by atoms with Gasteiger partial charge in [-0.3, -0.25) is 9.59 Å². The van der Waals surface area contributed by atoms with Crippen LogP contribution in [0.4, 0.5) is 0 Å². The number of fused-ring (bicyclic) bond motifs is 1. The summed E-state index contributed by atoms with van der Waals surface area (Å²) in [5.41, 5.74) is 0.869. The molecule has 0 unspecified atom stereocenters. The second-order valence-corrected chi connectivity index (χ2v) is 5.85. The van der Waals surface area contributed by atoms with Crippen LogP contribution in [0.5, 0.6) is 5.75 Å². The van der Waals surface area contributed by atoms with Crippen LogP contribution in [-0.4, -0.2) is 11.9 Å². The van der Waals surface area contributed by atoms with Gasteiger partial charge in [-0.25, -0.2) is 0 Å². The highest BCUT2D eigenvalue weighted by Crippen LogP contribution is 2.22. The fourth-order valence-corrected chi connectivity index (χ4v) is 2.75. The number of esters is 1. The lowest BCUT2D eigenvalue weighted by atomic mass is 10.0. The van der Waals surface area contributed by atoms with Crippen molar-refractivity contribution in [2.45, 2.75) is 19.4 Å². The fraction of sp³-hybridized carbons (Fsp3) is 0.143. The SMILES string of the molecule is CC(=O)N[C@H](CC(=O)Oc1ccc2ccccc2c1)c1ccccc1. The normalized spacial score (nSPS) is 11.7. The van der Waals surface area contributed by atoms with Crippen molar-refractivity contribution in [2.24, 2.45) is 0 Å². The summed E-state index contributed by atoms with van der Waals surface area (Å²) in [6, 6.07) is 22.4. The summed E-state index contributed by atoms with van der Waals surface area (Å²) < 4.78 is 5.47. The van der Waals surface area contributed by atoms with Gasteiger partial charge >= 0.3 is 5.97 Å². The van der Waals surface area contributed by atoms with E-state index in [0.29, 0.717) is 5.75 Å². The molecule has 0 radical (unpaired) electrons. The minimum absolute atomic E-state index is 0.0659. The van der Waals surface area contributed by atoms with Gasteiger partial charge in [0.05, 0.1) is 12.5 Å². The highest BCUT2D eigenvalue weighted by Gasteiger charge is 2.18. The highest BCUT2D eigenvalue weighted by molar-refractivity contribution is 5.85. The molecule has 1 N–H and O–H groups in total. The quantitative estimate of drug-likeness (QED) is 0.567. The largest absolute Gasteiger partial charge is 0.426 e. The van der Waals surface area contributed by atoms with Crippen LogP contribution in [0.3, 0.4) is 0 Å². The van der Waals surface area contributed by atoms with Crippen LogP contribution in [0.25, 0.3) is 10.8 Å². The standard InChI is InChI=1S/C21H19NO3/c1-15(23)22-20(17-8-3-2-4-9-17)14-21(24)25-19-12-11-16-7-5-6-10-18(16)13-19/h2-13,20H,14H2,1H3,(H,22,23)/t20-/m1/s1. The van der Waals surface area contributed by atoms with Gasteiger partial charge in [0, 0.05) is 6.92 Å². The van der Waals surface area contributed by atoms with Crippen molar-refractivity contribution in [1.29, 1.82) is 0 Å². The molecule has 3 aromatic rings. The van der Waals surface area contributed by atoms with E-state index in [1.165, 1.54) is 6.92 Å². The molecule has 3 aromatic carbocycles. The zero-order valence-electron chi connectivity index (χ0n) is 13.9. The van der Waals surface area contributed by atoms with E-state index in [0.717, 1.165) is 16.3 Å². The monoisotopic (exact) mass is 333 g/mol. The van der Waals surface area contributed by atoms with E-state index in [2.05, 4.69) is 5.32 Å². The summed E-state index contributed by atoms with van der Waals surface area (Å²) in [5, 5.41) is 4.90. The Morgan fingerprint density at radius 1 is 0.920 bits per heavy atom. The Hall–Kier alpha value is -3.14. The van der Waals surface area contributed by atoms with Crippen LogP contribution < -0.4 is 10.1 Å². The van der Waals surface area contributed by atoms with Crippen molar-refractivity contribution in [3.05, 3.63) is 78.4 Å². The number of hydrogen-bond donors (Lipinski definition) is 1. The van der Waals surface area contributed by atoms with Crippen molar-refractivity contribution in [3.8, 4) is 5.75 Å². The first-order valence-corrected chi connectivity index (χ1v) is 8.13. The molecule has 0 heterocycles. The molecule has 1 amide bonds. The van der Waals surface area contributed by atoms with Crippen molar-refractivity contribution in [2.75, 3.05) is 0 Å². The lowest BCUT2D eigenvalue weighted by Crippen LogP contribution is -2.29. The number of benzene rings is 3. The van der Waals surface area contributed by atoms with Gasteiger partial charge in [0.15, 0.2) is 0 Å². The van der Waals surface area contributed by atoms with Crippen LogP contribution >= 0.6 is 0 Å². The van der Waals surface area contributed by atoms with Gasteiger partial charge in [-0.1, -0.05) is 60.7 Å². The van der Waals surface area contributed by atoms with E-state index >= 15 is 0 Å². The van der Waals surface area contributed by atoms with Crippen LogP contribution in [0.2, 0.25) is 0 Å². The van der Waals surface area contributed by atoms with E-state index in [-0.39, 0.29) is 12.3 Å². The van der Waals surface area contributed by atoms with E-state index in [1.807, 2.05) is 66.7 Å². The first-order valence-electron chi connectivity index (χ1n) is 8.13. The second kappa shape index (κ2) is 7.62. The number of hydrogen-bond acceptors (Lipinski definition) is 3. The predicted molar refractivity (Wildman–Crippen MR) is 97.2 cm³/mol. The summed E-state index contributed by atoms with van der Waals surface area (Å²) in [4.78, 5) is 23.8. The molecule has 4 nitrogen and oxygen atoms in total. The molecule has 0 fully saturated rings. The van der Waals surface area contributed by atoms with Crippen LogP contribution in [0, 0.1) is 0 Å². The summed E-state index contributed by atoms with van der Waals surface area (Å²) in [6.45, 7) is 1.44. The molecule has 0 aliphatic rings. The Bertz CT molecular complexity index is 890. The van der Waals surface area contributed by atoms with Crippen LogP contribution in [0.15, 0.2) is 72.8 Å². The van der Waals surface area contributed by atoms with Gasteiger partial charge in [0.1, 0.15) is 5.75 Å². The lowest BCUT2D eigenvalue weighted by molar-refractivity contribution is -0.135. The Balaban J connectivity index is 1.73. The minimum Gasteiger partial charge on any atom is -0.426 e. The Labute approximate surface area is 146 Å². The average Bonchev–Trinajstić information content (AvgIpc) is 2.61. The molecule has 0 bridgehead atoms. The van der Waals surface area contributed by atoms with Crippen molar-refractivity contribution < 1.29 is 14.3 Å². The van der Waals surface area contributed by atoms with Crippen LogP contribution in [0.1, 0.15) is 24.9 Å². The van der Waals surface area contributed by atoms with E-state index in [1.54, 1.807) is 6.07 Å². The summed E-state index contributed by atoms with van der Waals surface area (Å²) >= 11 is 0. The van der Waals surface area contributed by atoms with Gasteiger partial charge in [0.2, 0.25) is 5.91 Å². The van der Waals surface area contributed by atoms with Gasteiger partial charge in [-0.15, -0.1) is 0 Å². The van der Waals surface area contributed by atoms with Gasteiger partial charge < -0.3 is 10.1 Å². The molecular formula is C21H19NO3. The maximum absolute atomic E-state index is 12.3. The molecule has 3 rings (SSSR count). The molecule has 0 spiro atoms. The molecule has 0 saturated carbocycles. The summed E-state index contributed by atoms with van der Waals surface area (Å²) in [7, 11) is 0. The molecule has 1 atom stereocenters. The average molecular weight is 333 g/mol. The maximum Gasteiger partial charge on any atom is 0.313 e. The molecule has 0 saturated heterocycles. The number of ether oxygens (including phenoxy) is 1. The number of nitrogens with one attached hydrogen (secondary N) is 1. The lowest BCUT2D eigenvalue weighted by Gasteiger charge is -2.17. The van der Waals surface area contributed by atoms with Crippen molar-refractivity contribution in [1.82, 2.24) is 5.32 Å². The Morgan fingerprint density at radius 3 is 2.32 bits per heavy atom. The second-order valence-electron chi connectivity index (χ2n) is 5.85. The number of carbonyl (C=O) groups is 2. The van der Waals surface area contributed by atoms with E-state index in [9.17, 15) is 9.59 Å². The Kier molecular flexibility index (Phi) is 5.09. The first-order chi connectivity index (χ1) is 12.1. The third-order valence-corrected chi connectivity index (χ3v) is 3.90. The predicted octanol–water partition coefficient (Wildman–Crippen LogP) is 4.01. The molecule has 0 aromatic heterocycles. The van der Waals surface area contributed by atoms with Crippen molar-refractivity contribution in [3.63, 3.8) is 0 Å². The molecular weight excluding hydrogens is 314 g/mol. The van der Waals surface area contributed by atoms with Gasteiger partial charge in [-0.05, 0) is 28.5 Å². The molecule has 0 aliphatic carbocycles.